The molecule has 2 N–H and O–H groups in total. The molecule has 0 aliphatic carbocycles. The molecule has 1 unspecified atom stereocenters. The number of benzene rings is 1. The van der Waals surface area contributed by atoms with Gasteiger partial charge in [0.25, 0.3) is 0 Å². The van der Waals surface area contributed by atoms with E-state index >= 15 is 0 Å². The number of hydrogen-bond acceptors (Lipinski definition) is 3. The Balaban J connectivity index is 2.08. The summed E-state index contributed by atoms with van der Waals surface area (Å²) >= 11 is 6.07. The van der Waals surface area contributed by atoms with Crippen LogP contribution in [0.3, 0.4) is 0 Å². The number of likely N-dealkylation sites (N-methyl/N-ethyl adjacent to an activating group) is 1. The molecule has 0 saturated carbocycles. The van der Waals surface area contributed by atoms with E-state index in [4.69, 9.17) is 16.3 Å². The molecule has 98 valence electrons. The Labute approximate surface area is 112 Å². The minimum Gasteiger partial charge on any atom is -0.493 e. The van der Waals surface area contributed by atoms with Crippen LogP contribution in [-0.2, 0) is 17.8 Å². The van der Waals surface area contributed by atoms with Gasteiger partial charge in [-0.2, -0.15) is 0 Å². The van der Waals surface area contributed by atoms with Crippen LogP contribution in [0.25, 0.3) is 0 Å². The predicted octanol–water partition coefficient (Wildman–Crippen LogP) is 1.50. The third-order valence-electron chi connectivity index (χ3n) is 3.06. The van der Waals surface area contributed by atoms with Gasteiger partial charge in [0.15, 0.2) is 0 Å². The Bertz CT molecular complexity index is 463. The van der Waals surface area contributed by atoms with Crippen LogP contribution in [0.5, 0.6) is 5.75 Å². The molecule has 1 atom stereocenters. The first kappa shape index (κ1) is 13.2. The maximum absolute atomic E-state index is 11.4. The van der Waals surface area contributed by atoms with Gasteiger partial charge in [-0.1, -0.05) is 11.6 Å². The molecule has 0 spiro atoms. The van der Waals surface area contributed by atoms with Gasteiger partial charge in [0.05, 0.1) is 12.6 Å². The van der Waals surface area contributed by atoms with E-state index in [-0.39, 0.29) is 11.9 Å². The zero-order valence-corrected chi connectivity index (χ0v) is 11.3. The van der Waals surface area contributed by atoms with Crippen LogP contribution in [0.15, 0.2) is 12.1 Å². The monoisotopic (exact) mass is 268 g/mol. The standard InChI is InChI=1S/C13H17ClN2O2/c1-8(13(17)15-2)16-7-10-6-11(14)5-9-3-4-18-12(9)10/h5-6,8,16H,3-4,7H2,1-2H3,(H,15,17). The van der Waals surface area contributed by atoms with Crippen molar-refractivity contribution in [2.75, 3.05) is 13.7 Å². The topological polar surface area (TPSA) is 50.4 Å². The quantitative estimate of drug-likeness (QED) is 0.870. The summed E-state index contributed by atoms with van der Waals surface area (Å²) in [5, 5.41) is 6.47. The molecule has 2 rings (SSSR count). The summed E-state index contributed by atoms with van der Waals surface area (Å²) in [5.41, 5.74) is 2.15. The number of halogens is 1. The number of ether oxygens (including phenoxy) is 1. The summed E-state index contributed by atoms with van der Waals surface area (Å²) in [7, 11) is 1.63. The molecule has 1 aromatic carbocycles. The maximum Gasteiger partial charge on any atom is 0.236 e. The van der Waals surface area contributed by atoms with E-state index in [2.05, 4.69) is 10.6 Å². The van der Waals surface area contributed by atoms with E-state index in [1.807, 2.05) is 19.1 Å². The molecule has 1 heterocycles. The zero-order valence-electron chi connectivity index (χ0n) is 10.5. The fraction of sp³-hybridized carbons (Fsp3) is 0.462. The van der Waals surface area contributed by atoms with Gasteiger partial charge in [-0.25, -0.2) is 0 Å². The lowest BCUT2D eigenvalue weighted by atomic mass is 10.1. The first-order valence-electron chi connectivity index (χ1n) is 6.01. The van der Waals surface area contributed by atoms with Gasteiger partial charge in [-0.15, -0.1) is 0 Å². The smallest absolute Gasteiger partial charge is 0.236 e. The molecule has 4 nitrogen and oxygen atoms in total. The molecule has 0 radical (unpaired) electrons. The molecule has 5 heteroatoms. The summed E-state index contributed by atoms with van der Waals surface area (Å²) in [6.45, 7) is 3.09. The molecule has 0 bridgehead atoms. The molecule has 0 saturated heterocycles. The van der Waals surface area contributed by atoms with Crippen LogP contribution in [0.1, 0.15) is 18.1 Å². The number of carbonyl (C=O) groups excluding carboxylic acids is 1. The Morgan fingerprint density at radius 2 is 2.33 bits per heavy atom. The number of amides is 1. The molecule has 0 fully saturated rings. The van der Waals surface area contributed by atoms with Gasteiger partial charge in [-0.05, 0) is 24.6 Å². The van der Waals surface area contributed by atoms with Crippen molar-refractivity contribution in [1.82, 2.24) is 10.6 Å². The van der Waals surface area contributed by atoms with E-state index in [1.165, 1.54) is 0 Å². The van der Waals surface area contributed by atoms with Gasteiger partial charge in [0, 0.05) is 30.6 Å². The zero-order chi connectivity index (χ0) is 13.1. The minimum absolute atomic E-state index is 0.0328. The number of nitrogens with one attached hydrogen (secondary N) is 2. The third kappa shape index (κ3) is 2.76. The second kappa shape index (κ2) is 5.59. The lowest BCUT2D eigenvalue weighted by Gasteiger charge is -2.14. The van der Waals surface area contributed by atoms with Crippen molar-refractivity contribution in [3.8, 4) is 5.75 Å². The molecule has 0 aromatic heterocycles. The minimum atomic E-state index is -0.244. The third-order valence-corrected chi connectivity index (χ3v) is 3.28. The molecule has 18 heavy (non-hydrogen) atoms. The average Bonchev–Trinajstić information content (AvgIpc) is 2.82. The lowest BCUT2D eigenvalue weighted by Crippen LogP contribution is -2.40. The average molecular weight is 269 g/mol. The summed E-state index contributed by atoms with van der Waals surface area (Å²) in [5.74, 6) is 0.880. The first-order chi connectivity index (χ1) is 8.61. The van der Waals surface area contributed by atoms with Crippen LogP contribution in [0, 0.1) is 0 Å². The van der Waals surface area contributed by atoms with E-state index < -0.39 is 0 Å². The van der Waals surface area contributed by atoms with Gasteiger partial charge in [0.2, 0.25) is 5.91 Å². The lowest BCUT2D eigenvalue weighted by molar-refractivity contribution is -0.122. The van der Waals surface area contributed by atoms with Crippen LogP contribution in [0.2, 0.25) is 5.02 Å². The highest BCUT2D eigenvalue weighted by molar-refractivity contribution is 6.30. The normalized spacial score (nSPS) is 14.8. The van der Waals surface area contributed by atoms with Crippen LogP contribution < -0.4 is 15.4 Å². The summed E-state index contributed by atoms with van der Waals surface area (Å²) in [6.07, 6.45) is 0.897. The fourth-order valence-electron chi connectivity index (χ4n) is 2.05. The second-order valence-electron chi connectivity index (χ2n) is 4.37. The van der Waals surface area contributed by atoms with Crippen LogP contribution in [-0.4, -0.2) is 25.6 Å². The number of fused-ring (bicyclic) bond motifs is 1. The molecular formula is C13H17ClN2O2. The van der Waals surface area contributed by atoms with E-state index in [0.29, 0.717) is 18.2 Å². The van der Waals surface area contributed by atoms with E-state index in [9.17, 15) is 4.79 Å². The van der Waals surface area contributed by atoms with Crippen molar-refractivity contribution in [3.63, 3.8) is 0 Å². The van der Waals surface area contributed by atoms with Crippen LogP contribution >= 0.6 is 11.6 Å². The Morgan fingerprint density at radius 3 is 3.06 bits per heavy atom. The van der Waals surface area contributed by atoms with Gasteiger partial charge < -0.3 is 15.4 Å². The van der Waals surface area contributed by atoms with Crippen molar-refractivity contribution in [3.05, 3.63) is 28.3 Å². The Kier molecular flexibility index (Phi) is 4.09. The predicted molar refractivity (Wildman–Crippen MR) is 71.0 cm³/mol. The Morgan fingerprint density at radius 1 is 1.56 bits per heavy atom. The van der Waals surface area contributed by atoms with Crippen molar-refractivity contribution >= 4 is 17.5 Å². The van der Waals surface area contributed by atoms with Gasteiger partial charge >= 0.3 is 0 Å². The van der Waals surface area contributed by atoms with Crippen molar-refractivity contribution < 1.29 is 9.53 Å². The molecular weight excluding hydrogens is 252 g/mol. The molecule has 1 aliphatic rings. The second-order valence-corrected chi connectivity index (χ2v) is 4.80. The number of hydrogen-bond donors (Lipinski definition) is 2. The van der Waals surface area contributed by atoms with Crippen molar-refractivity contribution in [1.29, 1.82) is 0 Å². The van der Waals surface area contributed by atoms with E-state index in [1.54, 1.807) is 7.05 Å². The van der Waals surface area contributed by atoms with Crippen molar-refractivity contribution in [2.24, 2.45) is 0 Å². The maximum atomic E-state index is 11.4. The molecule has 1 aromatic rings. The highest BCUT2D eigenvalue weighted by atomic mass is 35.5. The van der Waals surface area contributed by atoms with Gasteiger partial charge in [-0.3, -0.25) is 4.79 Å². The summed E-state index contributed by atoms with van der Waals surface area (Å²) in [4.78, 5) is 11.4. The SMILES string of the molecule is CNC(=O)C(C)NCc1cc(Cl)cc2c1OCC2. The highest BCUT2D eigenvalue weighted by Gasteiger charge is 2.18. The number of carbonyl (C=O) groups is 1. The number of rotatable bonds is 4. The van der Waals surface area contributed by atoms with Gasteiger partial charge in [0.1, 0.15) is 5.75 Å². The largest absolute Gasteiger partial charge is 0.493 e. The fourth-order valence-corrected chi connectivity index (χ4v) is 2.31. The Hall–Kier alpha value is -1.26. The molecule has 1 amide bonds. The van der Waals surface area contributed by atoms with E-state index in [0.717, 1.165) is 23.3 Å². The summed E-state index contributed by atoms with van der Waals surface area (Å²) in [6, 6.07) is 3.58. The highest BCUT2D eigenvalue weighted by Crippen LogP contribution is 2.32. The summed E-state index contributed by atoms with van der Waals surface area (Å²) < 4.78 is 5.60. The first-order valence-corrected chi connectivity index (χ1v) is 6.38. The molecule has 1 aliphatic heterocycles. The van der Waals surface area contributed by atoms with Crippen molar-refractivity contribution in [2.45, 2.75) is 25.9 Å². The van der Waals surface area contributed by atoms with Crippen LogP contribution in [0.4, 0.5) is 0 Å².